The third kappa shape index (κ3) is 3.71. The van der Waals surface area contributed by atoms with Crippen LogP contribution < -0.4 is 21.9 Å². The fraction of sp³-hybridized carbons (Fsp3) is 0.480. The van der Waals surface area contributed by atoms with Gasteiger partial charge in [0.25, 0.3) is 5.56 Å². The predicted molar refractivity (Wildman–Crippen MR) is 145 cm³/mol. The van der Waals surface area contributed by atoms with Gasteiger partial charge in [0.1, 0.15) is 47.4 Å². The van der Waals surface area contributed by atoms with Gasteiger partial charge in [-0.15, -0.1) is 0 Å². The van der Waals surface area contributed by atoms with Crippen LogP contribution in [0.25, 0.3) is 0 Å². The van der Waals surface area contributed by atoms with Gasteiger partial charge in [0.15, 0.2) is 11.8 Å². The van der Waals surface area contributed by atoms with Gasteiger partial charge >= 0.3 is 11.7 Å². The van der Waals surface area contributed by atoms with E-state index in [4.69, 9.17) is 4.74 Å². The number of carbonyl (C=O) groups is 2. The number of aliphatic hydroxyl groups excluding tert-OH is 5. The number of amides is 1. The highest BCUT2D eigenvalue weighted by atomic mass is 79.9. The van der Waals surface area contributed by atoms with E-state index < -0.39 is 82.6 Å². The molecular formula is C25H26BrN5O11. The van der Waals surface area contributed by atoms with Crippen molar-refractivity contribution < 1.29 is 45.0 Å². The van der Waals surface area contributed by atoms with Gasteiger partial charge in [-0.25, -0.2) is 9.79 Å². The van der Waals surface area contributed by atoms with Gasteiger partial charge in [0.05, 0.1) is 11.6 Å². The number of halogens is 1. The fourth-order valence-electron chi connectivity index (χ4n) is 6.76. The number of H-pyrrole nitrogens is 2. The highest BCUT2D eigenvalue weighted by Gasteiger charge is 2.75. The molecule has 2 aliphatic carbocycles. The number of hydrogen-bond donors (Lipinski definition) is 10. The monoisotopic (exact) mass is 651 g/mol. The van der Waals surface area contributed by atoms with Crippen LogP contribution in [0.3, 0.4) is 0 Å². The number of nitrogens with zero attached hydrogens (tertiary/aromatic N) is 1. The summed E-state index contributed by atoms with van der Waals surface area (Å²) in [5.74, 6) is -4.95. The van der Waals surface area contributed by atoms with E-state index in [1.807, 2.05) is 4.98 Å². The lowest BCUT2D eigenvalue weighted by molar-refractivity contribution is -0.236. The maximum atomic E-state index is 14.2. The number of benzene rings is 1. The van der Waals surface area contributed by atoms with Crippen molar-refractivity contribution in [2.45, 2.75) is 54.6 Å². The van der Waals surface area contributed by atoms with Crippen LogP contribution in [0.15, 0.2) is 37.3 Å². The van der Waals surface area contributed by atoms with Crippen molar-refractivity contribution in [3.05, 3.63) is 49.1 Å². The summed E-state index contributed by atoms with van der Waals surface area (Å²) in [7, 11) is 0. The lowest BCUT2D eigenvalue weighted by Gasteiger charge is -2.42. The second-order valence-corrected chi connectivity index (χ2v) is 11.9. The Labute approximate surface area is 243 Å². The summed E-state index contributed by atoms with van der Waals surface area (Å²) < 4.78 is 6.06. The second kappa shape index (κ2) is 9.53. The van der Waals surface area contributed by atoms with Crippen molar-refractivity contribution in [1.29, 1.82) is 0 Å². The minimum absolute atomic E-state index is 0.0961. The average Bonchev–Trinajstić information content (AvgIpc) is 3.20. The molecule has 4 unspecified atom stereocenters. The van der Waals surface area contributed by atoms with Gasteiger partial charge in [-0.1, -0.05) is 22.0 Å². The zero-order valence-electron chi connectivity index (χ0n) is 21.6. The summed E-state index contributed by atoms with van der Waals surface area (Å²) in [4.78, 5) is 61.5. The summed E-state index contributed by atoms with van der Waals surface area (Å²) in [6.45, 7) is 1.00. The van der Waals surface area contributed by atoms with Crippen molar-refractivity contribution in [2.24, 2.45) is 16.8 Å². The van der Waals surface area contributed by atoms with E-state index in [2.05, 4.69) is 36.5 Å². The standard InChI is InChI=1S/C25H26BrN5O11/c1-24(41)18-7(5-27-19-11(29-18)20(37)31-23(40)30-19)10(25(24)8-3-2-6(26)4-9(8)28-22(25)39)21(38)42-17-15(35)13(33)12(32)14(34)16(17)36/h2-4,7,10,12-17,32-36,41H,5H2,1H3,(H,28,39)(H3,27,30,31,37,40)/t7-,10+,12?,13?,14?,15?,16?,17?,24+,25+/m0/s1. The molecule has 4 aliphatic rings. The molecule has 10 N–H and O–H groups in total. The van der Waals surface area contributed by atoms with Crippen LogP contribution in [-0.4, -0.2) is 107 Å². The van der Waals surface area contributed by atoms with E-state index in [1.165, 1.54) is 13.0 Å². The van der Waals surface area contributed by atoms with Crippen molar-refractivity contribution in [3.63, 3.8) is 0 Å². The van der Waals surface area contributed by atoms with Gasteiger partial charge in [0.2, 0.25) is 5.91 Å². The van der Waals surface area contributed by atoms with E-state index in [1.54, 1.807) is 12.1 Å². The maximum absolute atomic E-state index is 14.2. The number of carbonyl (C=O) groups excluding carboxylic acids is 2. The van der Waals surface area contributed by atoms with Gasteiger partial charge in [-0.2, -0.15) is 0 Å². The molecule has 1 aromatic carbocycles. The van der Waals surface area contributed by atoms with E-state index in [-0.39, 0.29) is 35.0 Å². The Hall–Kier alpha value is -3.45. The van der Waals surface area contributed by atoms with E-state index in [0.717, 1.165) is 0 Å². The molecule has 0 saturated heterocycles. The van der Waals surface area contributed by atoms with Crippen LogP contribution in [-0.2, 0) is 19.7 Å². The molecule has 3 heterocycles. The number of anilines is 2. The molecule has 2 saturated carbocycles. The zero-order valence-corrected chi connectivity index (χ0v) is 23.2. The average molecular weight is 652 g/mol. The zero-order chi connectivity index (χ0) is 30.5. The fourth-order valence-corrected chi connectivity index (χ4v) is 7.12. The topological polar surface area (TPSA) is 267 Å². The molecule has 1 amide bonds. The number of fused-ring (bicyclic) bond motifs is 4. The predicted octanol–water partition coefficient (Wildman–Crippen LogP) is -3.06. The molecular weight excluding hydrogens is 626 g/mol. The minimum Gasteiger partial charge on any atom is -0.456 e. The maximum Gasteiger partial charge on any atom is 0.327 e. The van der Waals surface area contributed by atoms with Crippen LogP contribution in [0.5, 0.6) is 0 Å². The Morgan fingerprint density at radius 3 is 2.33 bits per heavy atom. The van der Waals surface area contributed by atoms with Crippen molar-refractivity contribution in [2.75, 3.05) is 17.2 Å². The quantitative estimate of drug-likeness (QED) is 0.145. The first-order chi connectivity index (χ1) is 19.7. The van der Waals surface area contributed by atoms with Crippen molar-refractivity contribution in [1.82, 2.24) is 9.97 Å². The third-order valence-electron chi connectivity index (χ3n) is 8.73. The van der Waals surface area contributed by atoms with Gasteiger partial charge in [-0.05, 0) is 24.6 Å². The number of ether oxygens (including phenoxy) is 1. The van der Waals surface area contributed by atoms with Gasteiger partial charge < -0.3 is 46.0 Å². The molecule has 8 atom stereocenters. The highest BCUT2D eigenvalue weighted by molar-refractivity contribution is 9.10. The van der Waals surface area contributed by atoms with Crippen molar-refractivity contribution >= 4 is 50.7 Å². The molecule has 0 radical (unpaired) electrons. The SMILES string of the molecule is C[C@@]1(O)C2=Nc3c([nH]c(=O)[nH]c3=O)NC[C@H]2[C@H](C(=O)OC2C(O)C(O)C(O)C(O)C2O)[C@]12C(=O)Nc1cc(Br)ccc12. The third-order valence-corrected chi connectivity index (χ3v) is 9.22. The van der Waals surface area contributed by atoms with Crippen molar-refractivity contribution in [3.8, 4) is 0 Å². The largest absolute Gasteiger partial charge is 0.456 e. The van der Waals surface area contributed by atoms with Crippen LogP contribution >= 0.6 is 15.9 Å². The summed E-state index contributed by atoms with van der Waals surface area (Å²) in [5, 5.41) is 69.1. The number of esters is 1. The van der Waals surface area contributed by atoms with Gasteiger partial charge in [0, 0.05) is 22.6 Å². The molecule has 16 nitrogen and oxygen atoms in total. The first-order valence-corrected chi connectivity index (χ1v) is 13.6. The molecule has 2 aliphatic heterocycles. The Bertz CT molecular complexity index is 1640. The minimum atomic E-state index is -2.27. The number of aromatic nitrogens is 2. The first kappa shape index (κ1) is 28.7. The summed E-state index contributed by atoms with van der Waals surface area (Å²) >= 11 is 3.32. The Kier molecular flexibility index (Phi) is 6.50. The summed E-state index contributed by atoms with van der Waals surface area (Å²) in [5.41, 5.74) is -6.17. The van der Waals surface area contributed by atoms with Crippen LogP contribution in [0.4, 0.5) is 17.2 Å². The number of aliphatic imine (C=N–C) groups is 1. The summed E-state index contributed by atoms with van der Waals surface area (Å²) in [6.07, 6.45) is -12.0. The highest BCUT2D eigenvalue weighted by Crippen LogP contribution is 2.60. The lowest BCUT2D eigenvalue weighted by atomic mass is 9.65. The molecule has 0 bridgehead atoms. The molecule has 17 heteroatoms. The van der Waals surface area contributed by atoms with E-state index in [9.17, 15) is 49.8 Å². The molecule has 2 aromatic rings. The van der Waals surface area contributed by atoms with Gasteiger partial charge in [-0.3, -0.25) is 24.4 Å². The molecule has 224 valence electrons. The number of nitrogens with one attached hydrogen (secondary N) is 4. The number of aromatic amines is 2. The number of hydrogen-bond acceptors (Lipinski definition) is 13. The number of aliphatic hydroxyl groups is 6. The Balaban J connectivity index is 1.54. The summed E-state index contributed by atoms with van der Waals surface area (Å²) in [6, 6.07) is 4.65. The van der Waals surface area contributed by atoms with E-state index >= 15 is 0 Å². The Morgan fingerprint density at radius 2 is 1.67 bits per heavy atom. The Morgan fingerprint density at radius 1 is 1.02 bits per heavy atom. The van der Waals surface area contributed by atoms with Crippen LogP contribution in [0.2, 0.25) is 0 Å². The van der Waals surface area contributed by atoms with Crippen LogP contribution in [0, 0.1) is 11.8 Å². The molecule has 6 rings (SSSR count). The van der Waals surface area contributed by atoms with E-state index in [0.29, 0.717) is 4.47 Å². The number of rotatable bonds is 2. The smallest absolute Gasteiger partial charge is 0.327 e. The first-order valence-electron chi connectivity index (χ1n) is 12.9. The second-order valence-electron chi connectivity index (χ2n) is 11.0. The molecule has 42 heavy (non-hydrogen) atoms. The molecule has 1 aromatic heterocycles. The van der Waals surface area contributed by atoms with Crippen LogP contribution in [0.1, 0.15) is 12.5 Å². The molecule has 2 fully saturated rings. The molecule has 1 spiro atoms. The normalized spacial score (nSPS) is 38.5. The lowest BCUT2D eigenvalue weighted by Crippen LogP contribution is -2.65.